The van der Waals surface area contributed by atoms with Crippen LogP contribution in [-0.2, 0) is 11.3 Å². The molecule has 2 aromatic rings. The molecule has 0 aliphatic carbocycles. The maximum Gasteiger partial charge on any atom is 0.209 e. The zero-order valence-corrected chi connectivity index (χ0v) is 12.1. The van der Waals surface area contributed by atoms with Crippen molar-refractivity contribution >= 4 is 16.8 Å². The first kappa shape index (κ1) is 13.4. The van der Waals surface area contributed by atoms with Gasteiger partial charge in [0, 0.05) is 19.3 Å². The lowest BCUT2D eigenvalue weighted by molar-refractivity contribution is -0.0541. The molecule has 1 aromatic heterocycles. The molecule has 5 nitrogen and oxygen atoms in total. The number of hydrogen-bond acceptors (Lipinski definition) is 5. The number of fused-ring (bicyclic) bond motifs is 1. The number of rotatable bonds is 3. The number of aromatic nitrogens is 1. The molecule has 2 heterocycles. The van der Waals surface area contributed by atoms with E-state index in [0.29, 0.717) is 12.2 Å². The highest BCUT2D eigenvalue weighted by Gasteiger charge is 2.31. The van der Waals surface area contributed by atoms with Crippen molar-refractivity contribution in [1.29, 1.82) is 0 Å². The average molecular weight is 275 g/mol. The van der Waals surface area contributed by atoms with Crippen molar-refractivity contribution in [3.63, 3.8) is 0 Å². The fourth-order valence-electron chi connectivity index (χ4n) is 2.86. The molecule has 0 bridgehead atoms. The fraction of sp³-hybridized carbons (Fsp3) is 0.533. The molecule has 1 atom stereocenters. The Balaban J connectivity index is 1.75. The normalized spacial score (nSPS) is 24.3. The molecule has 1 aliphatic heterocycles. The van der Waals surface area contributed by atoms with E-state index in [2.05, 4.69) is 16.8 Å². The Morgan fingerprint density at radius 3 is 3.15 bits per heavy atom. The SMILES string of the molecule is COC1(C)CCCN(Cc2nc3cc(N)ccc3o2)C1. The fourth-order valence-corrected chi connectivity index (χ4v) is 2.86. The van der Waals surface area contributed by atoms with Crippen LogP contribution in [0, 0.1) is 0 Å². The Kier molecular flexibility index (Phi) is 3.40. The molecule has 0 radical (unpaired) electrons. The van der Waals surface area contributed by atoms with Crippen LogP contribution in [0.15, 0.2) is 22.6 Å². The number of methoxy groups -OCH3 is 1. The Labute approximate surface area is 118 Å². The average Bonchev–Trinajstić information content (AvgIpc) is 2.80. The summed E-state index contributed by atoms with van der Waals surface area (Å²) in [5.41, 5.74) is 8.03. The molecular weight excluding hydrogens is 254 g/mol. The Hall–Kier alpha value is -1.59. The van der Waals surface area contributed by atoms with Crippen LogP contribution < -0.4 is 5.73 Å². The van der Waals surface area contributed by atoms with E-state index in [1.54, 1.807) is 7.11 Å². The van der Waals surface area contributed by atoms with Crippen molar-refractivity contribution in [2.45, 2.75) is 31.9 Å². The maximum atomic E-state index is 5.78. The summed E-state index contributed by atoms with van der Waals surface area (Å²) in [5.74, 6) is 0.742. The molecule has 108 valence electrons. The van der Waals surface area contributed by atoms with Crippen molar-refractivity contribution in [3.8, 4) is 0 Å². The Morgan fingerprint density at radius 1 is 1.50 bits per heavy atom. The van der Waals surface area contributed by atoms with Crippen molar-refractivity contribution in [2.24, 2.45) is 0 Å². The van der Waals surface area contributed by atoms with Gasteiger partial charge in [-0.05, 0) is 44.5 Å². The highest BCUT2D eigenvalue weighted by molar-refractivity contribution is 5.76. The monoisotopic (exact) mass is 275 g/mol. The van der Waals surface area contributed by atoms with Gasteiger partial charge in [-0.3, -0.25) is 4.90 Å². The van der Waals surface area contributed by atoms with Crippen molar-refractivity contribution < 1.29 is 9.15 Å². The number of piperidine rings is 1. The molecule has 1 saturated heterocycles. The van der Waals surface area contributed by atoms with Gasteiger partial charge in [-0.2, -0.15) is 0 Å². The van der Waals surface area contributed by atoms with Crippen LogP contribution >= 0.6 is 0 Å². The second-order valence-corrected chi connectivity index (χ2v) is 5.80. The van der Waals surface area contributed by atoms with Crippen LogP contribution in [0.25, 0.3) is 11.1 Å². The number of nitrogens with two attached hydrogens (primary N) is 1. The third kappa shape index (κ3) is 2.64. The molecular formula is C15H21N3O2. The van der Waals surface area contributed by atoms with Gasteiger partial charge in [-0.25, -0.2) is 4.98 Å². The van der Waals surface area contributed by atoms with Gasteiger partial charge in [-0.15, -0.1) is 0 Å². The molecule has 1 unspecified atom stereocenters. The molecule has 0 amide bonds. The lowest BCUT2D eigenvalue weighted by atomic mass is 9.95. The third-order valence-electron chi connectivity index (χ3n) is 4.05. The Bertz CT molecular complexity index is 610. The predicted octanol–water partition coefficient (Wildman–Crippen LogP) is 2.41. The lowest BCUT2D eigenvalue weighted by Gasteiger charge is -2.38. The molecule has 0 saturated carbocycles. The number of hydrogen-bond donors (Lipinski definition) is 1. The van der Waals surface area contributed by atoms with Crippen LogP contribution in [0.3, 0.4) is 0 Å². The number of anilines is 1. The van der Waals surface area contributed by atoms with Crippen molar-refractivity contribution in [1.82, 2.24) is 9.88 Å². The van der Waals surface area contributed by atoms with Gasteiger partial charge in [0.1, 0.15) is 5.52 Å². The highest BCUT2D eigenvalue weighted by atomic mass is 16.5. The van der Waals surface area contributed by atoms with E-state index in [0.717, 1.165) is 42.9 Å². The topological polar surface area (TPSA) is 64.5 Å². The minimum absolute atomic E-state index is 0.0608. The van der Waals surface area contributed by atoms with Crippen LogP contribution in [0.2, 0.25) is 0 Å². The van der Waals surface area contributed by atoms with Gasteiger partial charge in [0.05, 0.1) is 12.1 Å². The second-order valence-electron chi connectivity index (χ2n) is 5.80. The number of benzene rings is 1. The number of nitrogens with zero attached hydrogens (tertiary/aromatic N) is 2. The number of ether oxygens (including phenoxy) is 1. The molecule has 3 rings (SSSR count). The summed E-state index contributed by atoms with van der Waals surface area (Å²) in [5, 5.41) is 0. The largest absolute Gasteiger partial charge is 0.439 e. The molecule has 1 fully saturated rings. The van der Waals surface area contributed by atoms with E-state index in [-0.39, 0.29) is 5.60 Å². The summed E-state index contributed by atoms with van der Waals surface area (Å²) in [7, 11) is 1.78. The van der Waals surface area contributed by atoms with E-state index in [9.17, 15) is 0 Å². The molecule has 5 heteroatoms. The van der Waals surface area contributed by atoms with Gasteiger partial charge >= 0.3 is 0 Å². The van der Waals surface area contributed by atoms with Gasteiger partial charge in [0.15, 0.2) is 5.58 Å². The first-order valence-corrected chi connectivity index (χ1v) is 7.00. The second kappa shape index (κ2) is 5.07. The van der Waals surface area contributed by atoms with E-state index in [1.165, 1.54) is 0 Å². The summed E-state index contributed by atoms with van der Waals surface area (Å²) in [6.07, 6.45) is 2.24. The summed E-state index contributed by atoms with van der Waals surface area (Å²) < 4.78 is 11.4. The Morgan fingerprint density at radius 2 is 2.35 bits per heavy atom. The smallest absolute Gasteiger partial charge is 0.209 e. The van der Waals surface area contributed by atoms with Crippen molar-refractivity contribution in [2.75, 3.05) is 25.9 Å². The minimum Gasteiger partial charge on any atom is -0.439 e. The highest BCUT2D eigenvalue weighted by Crippen LogP contribution is 2.26. The number of oxazole rings is 1. The predicted molar refractivity (Wildman–Crippen MR) is 78.3 cm³/mol. The minimum atomic E-state index is -0.0608. The first-order valence-electron chi connectivity index (χ1n) is 7.00. The summed E-state index contributed by atoms with van der Waals surface area (Å²) in [6.45, 7) is 4.84. The first-order chi connectivity index (χ1) is 9.58. The summed E-state index contributed by atoms with van der Waals surface area (Å²) in [6, 6.07) is 5.55. The van der Waals surface area contributed by atoms with Gasteiger partial charge in [0.25, 0.3) is 0 Å². The van der Waals surface area contributed by atoms with Crippen LogP contribution in [-0.4, -0.2) is 35.7 Å². The quantitative estimate of drug-likeness (QED) is 0.871. The number of likely N-dealkylation sites (tertiary alicyclic amines) is 1. The zero-order valence-electron chi connectivity index (χ0n) is 12.1. The number of nitrogen functional groups attached to an aromatic ring is 1. The van der Waals surface area contributed by atoms with Crippen LogP contribution in [0.4, 0.5) is 5.69 Å². The summed E-state index contributed by atoms with van der Waals surface area (Å²) in [4.78, 5) is 6.85. The maximum absolute atomic E-state index is 5.78. The molecule has 1 aliphatic rings. The van der Waals surface area contributed by atoms with Gasteiger partial charge in [0.2, 0.25) is 5.89 Å². The zero-order chi connectivity index (χ0) is 14.2. The van der Waals surface area contributed by atoms with E-state index in [4.69, 9.17) is 14.9 Å². The molecule has 20 heavy (non-hydrogen) atoms. The van der Waals surface area contributed by atoms with Gasteiger partial charge in [-0.1, -0.05) is 0 Å². The van der Waals surface area contributed by atoms with Crippen molar-refractivity contribution in [3.05, 3.63) is 24.1 Å². The molecule has 0 spiro atoms. The van der Waals surface area contributed by atoms with E-state index in [1.807, 2.05) is 18.2 Å². The van der Waals surface area contributed by atoms with Crippen LogP contribution in [0.5, 0.6) is 0 Å². The summed E-state index contributed by atoms with van der Waals surface area (Å²) >= 11 is 0. The lowest BCUT2D eigenvalue weighted by Crippen LogP contribution is -2.46. The van der Waals surface area contributed by atoms with Crippen LogP contribution in [0.1, 0.15) is 25.7 Å². The standard InChI is InChI=1S/C15H21N3O2/c1-15(19-2)6-3-7-18(10-15)9-14-17-12-8-11(16)4-5-13(12)20-14/h4-5,8H,3,6-7,9-10,16H2,1-2H3. The molecule has 1 aromatic carbocycles. The van der Waals surface area contributed by atoms with E-state index >= 15 is 0 Å². The van der Waals surface area contributed by atoms with E-state index < -0.39 is 0 Å². The molecule has 2 N–H and O–H groups in total. The van der Waals surface area contributed by atoms with Gasteiger partial charge < -0.3 is 14.9 Å². The third-order valence-corrected chi connectivity index (χ3v) is 4.05.